The number of phenols is 1. The first-order valence-electron chi connectivity index (χ1n) is 6.25. The molecule has 3 aromatic rings. The molecular weight excluding hydrogens is 357 g/mol. The number of benzene rings is 2. The summed E-state index contributed by atoms with van der Waals surface area (Å²) in [6.07, 6.45) is 0.129. The van der Waals surface area contributed by atoms with Gasteiger partial charge in [0.15, 0.2) is 17.1 Å². The summed E-state index contributed by atoms with van der Waals surface area (Å²) in [7, 11) is 0. The standard InChI is InChI=1S/C14H9BrFN3O3/c15-9-5-4-7(12(16)14(9)20)6-10-8-2-1-3-11(19(21)22)13(8)18-17-10/h1-5,20H,6H2,(H,17,18). The number of non-ortho nitro benzene ring substituents is 1. The molecule has 0 aliphatic heterocycles. The third-order valence-electron chi connectivity index (χ3n) is 3.35. The summed E-state index contributed by atoms with van der Waals surface area (Å²) in [6, 6.07) is 7.66. The molecule has 0 atom stereocenters. The molecule has 0 aliphatic rings. The van der Waals surface area contributed by atoms with Crippen LogP contribution < -0.4 is 0 Å². The van der Waals surface area contributed by atoms with Crippen molar-refractivity contribution in [2.75, 3.05) is 0 Å². The van der Waals surface area contributed by atoms with Crippen molar-refractivity contribution in [2.45, 2.75) is 6.42 Å². The molecule has 22 heavy (non-hydrogen) atoms. The van der Waals surface area contributed by atoms with Gasteiger partial charge in [-0.05, 0) is 27.6 Å². The molecule has 0 saturated carbocycles. The number of hydrogen-bond acceptors (Lipinski definition) is 4. The van der Waals surface area contributed by atoms with Crippen LogP contribution in [0.1, 0.15) is 11.3 Å². The lowest BCUT2D eigenvalue weighted by Gasteiger charge is -2.05. The van der Waals surface area contributed by atoms with E-state index in [2.05, 4.69) is 26.1 Å². The van der Waals surface area contributed by atoms with Crippen LogP contribution in [0.25, 0.3) is 10.9 Å². The highest BCUT2D eigenvalue weighted by molar-refractivity contribution is 9.10. The number of nitrogens with one attached hydrogen (secondary N) is 1. The molecule has 1 heterocycles. The highest BCUT2D eigenvalue weighted by Gasteiger charge is 2.18. The van der Waals surface area contributed by atoms with Crippen LogP contribution in [-0.4, -0.2) is 20.2 Å². The van der Waals surface area contributed by atoms with Crippen molar-refractivity contribution >= 4 is 32.5 Å². The largest absolute Gasteiger partial charge is 0.504 e. The van der Waals surface area contributed by atoms with Gasteiger partial charge in [-0.25, -0.2) is 4.39 Å². The smallest absolute Gasteiger partial charge is 0.297 e. The fraction of sp³-hybridized carbons (Fsp3) is 0.0714. The lowest BCUT2D eigenvalue weighted by molar-refractivity contribution is -0.383. The Balaban J connectivity index is 2.07. The SMILES string of the molecule is O=[N+]([O-])c1cccc2c(Cc3ccc(Br)c(O)c3F)[nH]nc12. The second kappa shape index (κ2) is 5.38. The Bertz CT molecular complexity index is 894. The van der Waals surface area contributed by atoms with Crippen molar-refractivity contribution < 1.29 is 14.4 Å². The van der Waals surface area contributed by atoms with Crippen molar-refractivity contribution in [1.29, 1.82) is 0 Å². The molecule has 0 unspecified atom stereocenters. The molecule has 3 rings (SSSR count). The van der Waals surface area contributed by atoms with E-state index in [4.69, 9.17) is 0 Å². The van der Waals surface area contributed by atoms with E-state index < -0.39 is 16.5 Å². The molecule has 8 heteroatoms. The lowest BCUT2D eigenvalue weighted by Crippen LogP contribution is -1.94. The number of nitro benzene ring substituents is 1. The van der Waals surface area contributed by atoms with Crippen LogP contribution in [0.2, 0.25) is 0 Å². The molecule has 0 saturated heterocycles. The summed E-state index contributed by atoms with van der Waals surface area (Å²) in [4.78, 5) is 10.5. The Morgan fingerprint density at radius 3 is 2.86 bits per heavy atom. The van der Waals surface area contributed by atoms with Crippen LogP contribution >= 0.6 is 15.9 Å². The third kappa shape index (κ3) is 2.31. The van der Waals surface area contributed by atoms with E-state index in [1.165, 1.54) is 18.2 Å². The molecule has 2 aromatic carbocycles. The summed E-state index contributed by atoms with van der Waals surface area (Å²) in [5.41, 5.74) is 0.917. The minimum absolute atomic E-state index is 0.112. The van der Waals surface area contributed by atoms with Gasteiger partial charge in [0.05, 0.1) is 9.40 Å². The molecular formula is C14H9BrFN3O3. The molecule has 0 radical (unpaired) electrons. The van der Waals surface area contributed by atoms with E-state index in [1.54, 1.807) is 12.1 Å². The predicted octanol–water partition coefficient (Wildman–Crippen LogP) is 3.67. The zero-order valence-electron chi connectivity index (χ0n) is 11.0. The molecule has 0 fully saturated rings. The monoisotopic (exact) mass is 365 g/mol. The topological polar surface area (TPSA) is 92.0 Å². The minimum atomic E-state index is -0.734. The fourth-order valence-electron chi connectivity index (χ4n) is 2.27. The van der Waals surface area contributed by atoms with E-state index in [9.17, 15) is 19.6 Å². The van der Waals surface area contributed by atoms with Crippen molar-refractivity contribution in [1.82, 2.24) is 10.2 Å². The highest BCUT2D eigenvalue weighted by Crippen LogP contribution is 2.31. The molecule has 2 N–H and O–H groups in total. The van der Waals surface area contributed by atoms with Crippen LogP contribution in [0.5, 0.6) is 5.75 Å². The van der Waals surface area contributed by atoms with Gasteiger partial charge in [0.1, 0.15) is 0 Å². The summed E-state index contributed by atoms with van der Waals surface area (Å²) >= 11 is 3.04. The molecule has 0 aliphatic carbocycles. The van der Waals surface area contributed by atoms with Crippen LogP contribution in [-0.2, 0) is 6.42 Å². The number of aromatic nitrogens is 2. The first-order valence-corrected chi connectivity index (χ1v) is 7.04. The summed E-state index contributed by atoms with van der Waals surface area (Å²) in [5, 5.41) is 27.8. The van der Waals surface area contributed by atoms with Gasteiger partial charge in [-0.2, -0.15) is 5.10 Å². The van der Waals surface area contributed by atoms with Crippen molar-refractivity contribution in [3.63, 3.8) is 0 Å². The second-order valence-corrected chi connectivity index (χ2v) is 5.53. The number of halogens is 2. The van der Waals surface area contributed by atoms with E-state index >= 15 is 0 Å². The lowest BCUT2D eigenvalue weighted by atomic mass is 10.1. The molecule has 0 bridgehead atoms. The van der Waals surface area contributed by atoms with Gasteiger partial charge in [0, 0.05) is 23.6 Å². The maximum absolute atomic E-state index is 14.0. The van der Waals surface area contributed by atoms with Crippen LogP contribution in [0, 0.1) is 15.9 Å². The first kappa shape index (κ1) is 14.5. The third-order valence-corrected chi connectivity index (χ3v) is 3.99. The van der Waals surface area contributed by atoms with Crippen LogP contribution in [0.15, 0.2) is 34.8 Å². The molecule has 6 nitrogen and oxygen atoms in total. The molecule has 0 spiro atoms. The zero-order valence-corrected chi connectivity index (χ0v) is 12.6. The number of H-pyrrole nitrogens is 1. The van der Waals surface area contributed by atoms with Crippen molar-refractivity contribution in [2.24, 2.45) is 0 Å². The highest BCUT2D eigenvalue weighted by atomic mass is 79.9. The second-order valence-electron chi connectivity index (χ2n) is 4.68. The van der Waals surface area contributed by atoms with Crippen molar-refractivity contribution in [3.8, 4) is 5.75 Å². The number of rotatable bonds is 3. The van der Waals surface area contributed by atoms with Gasteiger partial charge in [-0.3, -0.25) is 15.2 Å². The Morgan fingerprint density at radius 2 is 2.14 bits per heavy atom. The summed E-state index contributed by atoms with van der Waals surface area (Å²) in [5.74, 6) is -1.20. The number of fused-ring (bicyclic) bond motifs is 1. The van der Waals surface area contributed by atoms with E-state index in [-0.39, 0.29) is 27.7 Å². The summed E-state index contributed by atoms with van der Waals surface area (Å²) in [6.45, 7) is 0. The fourth-order valence-corrected chi connectivity index (χ4v) is 2.57. The number of aromatic amines is 1. The Morgan fingerprint density at radius 1 is 1.36 bits per heavy atom. The van der Waals surface area contributed by atoms with Gasteiger partial charge >= 0.3 is 0 Å². The zero-order chi connectivity index (χ0) is 15.9. The number of phenolic OH excluding ortho intramolecular Hbond substituents is 1. The predicted molar refractivity (Wildman–Crippen MR) is 81.3 cm³/mol. The average Bonchev–Trinajstić information content (AvgIpc) is 2.91. The van der Waals surface area contributed by atoms with E-state index in [1.807, 2.05) is 0 Å². The van der Waals surface area contributed by atoms with Gasteiger partial charge in [0.25, 0.3) is 5.69 Å². The molecule has 0 amide bonds. The van der Waals surface area contributed by atoms with Crippen LogP contribution in [0.3, 0.4) is 0 Å². The number of nitro groups is 1. The van der Waals surface area contributed by atoms with Gasteiger partial charge in [0.2, 0.25) is 0 Å². The number of nitrogens with zero attached hydrogens (tertiary/aromatic N) is 2. The normalized spacial score (nSPS) is 11.0. The Hall–Kier alpha value is -2.48. The van der Waals surface area contributed by atoms with Gasteiger partial charge < -0.3 is 5.11 Å². The van der Waals surface area contributed by atoms with Crippen LogP contribution in [0.4, 0.5) is 10.1 Å². The van der Waals surface area contributed by atoms with Crippen molar-refractivity contribution in [3.05, 3.63) is 62.0 Å². The minimum Gasteiger partial charge on any atom is -0.504 e. The summed E-state index contributed by atoms with van der Waals surface area (Å²) < 4.78 is 14.3. The molecule has 112 valence electrons. The van der Waals surface area contributed by atoms with E-state index in [0.29, 0.717) is 11.1 Å². The van der Waals surface area contributed by atoms with Gasteiger partial charge in [-0.1, -0.05) is 18.2 Å². The van der Waals surface area contributed by atoms with Gasteiger partial charge in [-0.15, -0.1) is 0 Å². The Labute approximate surface area is 131 Å². The number of hydrogen-bond donors (Lipinski definition) is 2. The molecule has 1 aromatic heterocycles. The Kier molecular flexibility index (Phi) is 3.53. The number of para-hydroxylation sites is 1. The van der Waals surface area contributed by atoms with E-state index in [0.717, 1.165) is 0 Å². The first-order chi connectivity index (χ1) is 10.5. The maximum atomic E-state index is 14.0. The quantitative estimate of drug-likeness (QED) is 0.547. The number of aromatic hydroxyl groups is 1. The maximum Gasteiger partial charge on any atom is 0.297 e. The average molecular weight is 366 g/mol.